The zero-order valence-electron chi connectivity index (χ0n) is 9.01. The lowest BCUT2D eigenvalue weighted by molar-refractivity contribution is 0.190. The minimum absolute atomic E-state index is 0.638. The number of unbranched alkanes of at least 4 members (excludes halogenated alkanes) is 1. The molecule has 1 rings (SSSR count). The van der Waals surface area contributed by atoms with Crippen molar-refractivity contribution >= 4 is 0 Å². The van der Waals surface area contributed by atoms with E-state index in [1.54, 1.807) is 0 Å². The molecule has 1 aliphatic rings. The Kier molecular flexibility index (Phi) is 5.40. The molecule has 1 saturated heterocycles. The molecular formula is C11H23NO. The molecule has 0 saturated carbocycles. The number of nitrogens with one attached hydrogen (secondary N) is 1. The van der Waals surface area contributed by atoms with E-state index in [0.717, 1.165) is 19.1 Å². The second-order valence-electron chi connectivity index (χ2n) is 4.40. The third-order valence-corrected chi connectivity index (χ3v) is 2.57. The molecule has 1 atom stereocenters. The summed E-state index contributed by atoms with van der Waals surface area (Å²) in [4.78, 5) is 0. The molecule has 1 heterocycles. The van der Waals surface area contributed by atoms with E-state index in [2.05, 4.69) is 19.2 Å². The highest BCUT2D eigenvalue weighted by Crippen LogP contribution is 2.06. The van der Waals surface area contributed by atoms with Crippen LogP contribution in [0.4, 0.5) is 0 Å². The van der Waals surface area contributed by atoms with Gasteiger partial charge in [-0.1, -0.05) is 26.7 Å². The average Bonchev–Trinajstić information content (AvgIpc) is 2.55. The SMILES string of the molecule is CC(C)CCCCNC1CCOC1. The number of rotatable bonds is 6. The van der Waals surface area contributed by atoms with E-state index in [0.29, 0.717) is 6.04 Å². The first-order valence-corrected chi connectivity index (χ1v) is 5.60. The van der Waals surface area contributed by atoms with Gasteiger partial charge in [0, 0.05) is 12.6 Å². The van der Waals surface area contributed by atoms with Gasteiger partial charge >= 0.3 is 0 Å². The molecule has 0 radical (unpaired) electrons. The smallest absolute Gasteiger partial charge is 0.0620 e. The van der Waals surface area contributed by atoms with Gasteiger partial charge in [-0.2, -0.15) is 0 Å². The molecular weight excluding hydrogens is 162 g/mol. The van der Waals surface area contributed by atoms with Crippen LogP contribution in [0, 0.1) is 5.92 Å². The van der Waals surface area contributed by atoms with Gasteiger partial charge in [0.2, 0.25) is 0 Å². The Balaban J connectivity index is 1.83. The second-order valence-corrected chi connectivity index (χ2v) is 4.40. The van der Waals surface area contributed by atoms with Crippen LogP contribution in [-0.2, 0) is 4.74 Å². The van der Waals surface area contributed by atoms with E-state index in [4.69, 9.17) is 4.74 Å². The first kappa shape index (κ1) is 11.0. The summed E-state index contributed by atoms with van der Waals surface area (Å²) in [5.74, 6) is 0.856. The minimum Gasteiger partial charge on any atom is -0.380 e. The van der Waals surface area contributed by atoms with Gasteiger partial charge in [0.25, 0.3) is 0 Å². The average molecular weight is 185 g/mol. The standard InChI is InChI=1S/C11H23NO/c1-10(2)5-3-4-7-12-11-6-8-13-9-11/h10-12H,3-9H2,1-2H3. The Bertz CT molecular complexity index is 119. The fraction of sp³-hybridized carbons (Fsp3) is 1.00. The van der Waals surface area contributed by atoms with Crippen LogP contribution in [-0.4, -0.2) is 25.8 Å². The highest BCUT2D eigenvalue weighted by Gasteiger charge is 2.13. The first-order chi connectivity index (χ1) is 6.29. The summed E-state index contributed by atoms with van der Waals surface area (Å²) < 4.78 is 5.29. The molecule has 0 bridgehead atoms. The van der Waals surface area contributed by atoms with Gasteiger partial charge in [-0.15, -0.1) is 0 Å². The second kappa shape index (κ2) is 6.39. The van der Waals surface area contributed by atoms with Crippen molar-refractivity contribution in [3.63, 3.8) is 0 Å². The summed E-state index contributed by atoms with van der Waals surface area (Å²) in [6.45, 7) is 7.62. The van der Waals surface area contributed by atoms with Crippen molar-refractivity contribution in [2.75, 3.05) is 19.8 Å². The van der Waals surface area contributed by atoms with Gasteiger partial charge < -0.3 is 10.1 Å². The Morgan fingerprint density at radius 2 is 2.23 bits per heavy atom. The van der Waals surface area contributed by atoms with Crippen molar-refractivity contribution in [3.8, 4) is 0 Å². The molecule has 0 aromatic rings. The van der Waals surface area contributed by atoms with Crippen molar-refractivity contribution in [1.82, 2.24) is 5.32 Å². The number of hydrogen-bond donors (Lipinski definition) is 1. The van der Waals surface area contributed by atoms with Crippen molar-refractivity contribution in [2.45, 2.75) is 45.6 Å². The van der Waals surface area contributed by atoms with Crippen molar-refractivity contribution < 1.29 is 4.74 Å². The highest BCUT2D eigenvalue weighted by atomic mass is 16.5. The fourth-order valence-corrected chi connectivity index (χ4v) is 1.68. The summed E-state index contributed by atoms with van der Waals surface area (Å²) in [6.07, 6.45) is 5.24. The quantitative estimate of drug-likeness (QED) is 0.640. The van der Waals surface area contributed by atoms with E-state index in [1.165, 1.54) is 32.2 Å². The summed E-state index contributed by atoms with van der Waals surface area (Å²) >= 11 is 0. The lowest BCUT2D eigenvalue weighted by Crippen LogP contribution is -2.29. The van der Waals surface area contributed by atoms with E-state index >= 15 is 0 Å². The molecule has 1 unspecified atom stereocenters. The predicted molar refractivity (Wildman–Crippen MR) is 55.9 cm³/mol. The summed E-state index contributed by atoms with van der Waals surface area (Å²) in [5, 5.41) is 3.53. The Labute approximate surface area is 82.0 Å². The topological polar surface area (TPSA) is 21.3 Å². The first-order valence-electron chi connectivity index (χ1n) is 5.60. The summed E-state index contributed by atoms with van der Waals surface area (Å²) in [6, 6.07) is 0.638. The minimum atomic E-state index is 0.638. The van der Waals surface area contributed by atoms with Crippen LogP contribution in [0.15, 0.2) is 0 Å². The molecule has 2 heteroatoms. The zero-order chi connectivity index (χ0) is 9.52. The third-order valence-electron chi connectivity index (χ3n) is 2.57. The van der Waals surface area contributed by atoms with Crippen LogP contribution < -0.4 is 5.32 Å². The molecule has 0 amide bonds. The molecule has 0 aromatic heterocycles. The Hall–Kier alpha value is -0.0800. The molecule has 1 N–H and O–H groups in total. The van der Waals surface area contributed by atoms with Crippen LogP contribution in [0.1, 0.15) is 39.5 Å². The van der Waals surface area contributed by atoms with E-state index in [-0.39, 0.29) is 0 Å². The van der Waals surface area contributed by atoms with Gasteiger partial charge in [0.15, 0.2) is 0 Å². The number of hydrogen-bond acceptors (Lipinski definition) is 2. The molecule has 0 spiro atoms. The van der Waals surface area contributed by atoms with Gasteiger partial charge in [-0.3, -0.25) is 0 Å². The lowest BCUT2D eigenvalue weighted by atomic mass is 10.1. The summed E-state index contributed by atoms with van der Waals surface area (Å²) in [5.41, 5.74) is 0. The largest absolute Gasteiger partial charge is 0.380 e. The maximum atomic E-state index is 5.29. The fourth-order valence-electron chi connectivity index (χ4n) is 1.68. The van der Waals surface area contributed by atoms with Crippen molar-refractivity contribution in [1.29, 1.82) is 0 Å². The van der Waals surface area contributed by atoms with Crippen LogP contribution in [0.5, 0.6) is 0 Å². The Morgan fingerprint density at radius 3 is 2.85 bits per heavy atom. The van der Waals surface area contributed by atoms with E-state index < -0.39 is 0 Å². The van der Waals surface area contributed by atoms with E-state index in [1.807, 2.05) is 0 Å². The lowest BCUT2D eigenvalue weighted by Gasteiger charge is -2.10. The normalized spacial score (nSPS) is 22.8. The van der Waals surface area contributed by atoms with Crippen LogP contribution >= 0.6 is 0 Å². The van der Waals surface area contributed by atoms with Crippen LogP contribution in [0.3, 0.4) is 0 Å². The zero-order valence-corrected chi connectivity index (χ0v) is 9.01. The molecule has 1 aliphatic heterocycles. The maximum absolute atomic E-state index is 5.29. The molecule has 2 nitrogen and oxygen atoms in total. The Morgan fingerprint density at radius 1 is 1.38 bits per heavy atom. The van der Waals surface area contributed by atoms with Crippen molar-refractivity contribution in [2.24, 2.45) is 5.92 Å². The van der Waals surface area contributed by atoms with Gasteiger partial charge in [-0.05, 0) is 25.3 Å². The monoisotopic (exact) mass is 185 g/mol. The predicted octanol–water partition coefficient (Wildman–Crippen LogP) is 2.19. The van der Waals surface area contributed by atoms with Crippen molar-refractivity contribution in [3.05, 3.63) is 0 Å². The molecule has 0 aromatic carbocycles. The molecule has 1 fully saturated rings. The number of ether oxygens (including phenoxy) is 1. The molecule has 78 valence electrons. The van der Waals surface area contributed by atoms with Crippen LogP contribution in [0.25, 0.3) is 0 Å². The maximum Gasteiger partial charge on any atom is 0.0620 e. The van der Waals surface area contributed by atoms with Crippen LogP contribution in [0.2, 0.25) is 0 Å². The molecule has 0 aliphatic carbocycles. The summed E-state index contributed by atoms with van der Waals surface area (Å²) in [7, 11) is 0. The van der Waals surface area contributed by atoms with Gasteiger partial charge in [0.1, 0.15) is 0 Å². The third kappa shape index (κ3) is 5.27. The highest BCUT2D eigenvalue weighted by molar-refractivity contribution is 4.70. The van der Waals surface area contributed by atoms with Gasteiger partial charge in [-0.25, -0.2) is 0 Å². The van der Waals surface area contributed by atoms with Gasteiger partial charge in [0.05, 0.1) is 6.61 Å². The van der Waals surface area contributed by atoms with E-state index in [9.17, 15) is 0 Å². The molecule has 13 heavy (non-hydrogen) atoms.